The van der Waals surface area contributed by atoms with Gasteiger partial charge in [0, 0.05) is 37.0 Å². The maximum atomic E-state index is 11.1. The van der Waals surface area contributed by atoms with Crippen LogP contribution in [0.5, 0.6) is 0 Å². The third-order valence-electron chi connectivity index (χ3n) is 2.63. The lowest BCUT2D eigenvalue weighted by atomic mass is 10.1. The second kappa shape index (κ2) is 5.43. The lowest BCUT2D eigenvalue weighted by Gasteiger charge is -2.06. The molecule has 0 bridgehead atoms. The van der Waals surface area contributed by atoms with Gasteiger partial charge in [-0.05, 0) is 13.0 Å². The fourth-order valence-electron chi connectivity index (χ4n) is 1.70. The smallest absolute Gasteiger partial charge is 0.221 e. The fourth-order valence-corrected chi connectivity index (χ4v) is 1.70. The maximum Gasteiger partial charge on any atom is 0.221 e. The Bertz CT molecular complexity index is 619. The summed E-state index contributed by atoms with van der Waals surface area (Å²) >= 11 is 0. The van der Waals surface area contributed by atoms with Gasteiger partial charge in [0.15, 0.2) is 6.29 Å². The average Bonchev–Trinajstić information content (AvgIpc) is 2.86. The number of hydrogen-bond acceptors (Lipinski definition) is 4. The highest BCUT2D eigenvalue weighted by Crippen LogP contribution is 2.23. The van der Waals surface area contributed by atoms with Crippen LogP contribution in [0.25, 0.3) is 11.1 Å². The van der Waals surface area contributed by atoms with E-state index in [4.69, 9.17) is 0 Å². The molecule has 0 aliphatic carbocycles. The minimum Gasteiger partial charge on any atom is -0.324 e. The molecule has 0 saturated heterocycles. The zero-order chi connectivity index (χ0) is 13.8. The zero-order valence-electron chi connectivity index (χ0n) is 10.8. The summed E-state index contributed by atoms with van der Waals surface area (Å²) in [5, 5.41) is 6.77. The van der Waals surface area contributed by atoms with E-state index in [1.54, 1.807) is 23.1 Å². The van der Waals surface area contributed by atoms with Gasteiger partial charge in [0.1, 0.15) is 5.69 Å². The number of aryl methyl sites for hydroxylation is 1. The van der Waals surface area contributed by atoms with Crippen molar-refractivity contribution in [2.24, 2.45) is 0 Å². The number of aromatic nitrogens is 3. The number of nitrogens with one attached hydrogen (secondary N) is 1. The summed E-state index contributed by atoms with van der Waals surface area (Å²) in [5.41, 5.74) is 2.30. The number of hydrogen-bond donors (Lipinski definition) is 1. The van der Waals surface area contributed by atoms with Crippen LogP contribution < -0.4 is 5.32 Å². The first-order valence-corrected chi connectivity index (χ1v) is 5.89. The summed E-state index contributed by atoms with van der Waals surface area (Å²) in [6.45, 7) is 4.15. The summed E-state index contributed by atoms with van der Waals surface area (Å²) in [6.07, 6.45) is 5.81. The number of carbonyl (C=O) groups is 2. The molecule has 0 radical (unpaired) electrons. The molecule has 6 heteroatoms. The highest BCUT2D eigenvalue weighted by Gasteiger charge is 2.09. The quantitative estimate of drug-likeness (QED) is 0.847. The number of anilines is 1. The van der Waals surface area contributed by atoms with Crippen molar-refractivity contribution >= 4 is 17.9 Å². The maximum absolute atomic E-state index is 11.1. The Kier molecular flexibility index (Phi) is 3.70. The van der Waals surface area contributed by atoms with Gasteiger partial charge in [0.2, 0.25) is 5.91 Å². The van der Waals surface area contributed by atoms with Crippen molar-refractivity contribution in [2.75, 3.05) is 5.32 Å². The second-order valence-electron chi connectivity index (χ2n) is 4.04. The number of aldehydes is 1. The van der Waals surface area contributed by atoms with Crippen LogP contribution >= 0.6 is 0 Å². The monoisotopic (exact) mass is 258 g/mol. The van der Waals surface area contributed by atoms with Crippen LogP contribution in [0, 0.1) is 0 Å². The van der Waals surface area contributed by atoms with Crippen molar-refractivity contribution in [1.82, 2.24) is 14.8 Å². The van der Waals surface area contributed by atoms with Crippen LogP contribution in [-0.4, -0.2) is 27.0 Å². The van der Waals surface area contributed by atoms with Crippen molar-refractivity contribution in [3.63, 3.8) is 0 Å². The van der Waals surface area contributed by atoms with E-state index in [-0.39, 0.29) is 11.6 Å². The predicted molar refractivity (Wildman–Crippen MR) is 70.8 cm³/mol. The highest BCUT2D eigenvalue weighted by molar-refractivity contribution is 5.95. The van der Waals surface area contributed by atoms with Gasteiger partial charge in [-0.15, -0.1) is 0 Å². The number of pyridine rings is 1. The summed E-state index contributed by atoms with van der Waals surface area (Å²) in [7, 11) is 0. The Morgan fingerprint density at radius 2 is 2.21 bits per heavy atom. The molecular weight excluding hydrogens is 244 g/mol. The molecule has 0 saturated carbocycles. The number of nitrogens with zero attached hydrogens (tertiary/aromatic N) is 3. The molecule has 19 heavy (non-hydrogen) atoms. The van der Waals surface area contributed by atoms with Gasteiger partial charge >= 0.3 is 0 Å². The van der Waals surface area contributed by atoms with Crippen molar-refractivity contribution in [1.29, 1.82) is 0 Å². The van der Waals surface area contributed by atoms with Crippen molar-refractivity contribution < 1.29 is 9.59 Å². The van der Waals surface area contributed by atoms with Crippen LogP contribution in [0.15, 0.2) is 24.7 Å². The van der Waals surface area contributed by atoms with E-state index in [2.05, 4.69) is 15.4 Å². The molecular formula is C13H14N4O2. The molecule has 1 amide bonds. The second-order valence-corrected chi connectivity index (χ2v) is 4.04. The first-order chi connectivity index (χ1) is 9.13. The largest absolute Gasteiger partial charge is 0.324 e. The van der Waals surface area contributed by atoms with E-state index >= 15 is 0 Å². The van der Waals surface area contributed by atoms with Crippen molar-refractivity contribution in [3.8, 4) is 11.1 Å². The molecule has 0 unspecified atom stereocenters. The number of carbonyl (C=O) groups excluding carboxylic acids is 2. The van der Waals surface area contributed by atoms with Gasteiger partial charge in [-0.3, -0.25) is 19.3 Å². The van der Waals surface area contributed by atoms with Gasteiger partial charge in [0.25, 0.3) is 0 Å². The Hall–Kier alpha value is -2.50. The van der Waals surface area contributed by atoms with Gasteiger partial charge in [-0.25, -0.2) is 0 Å². The van der Waals surface area contributed by atoms with Crippen LogP contribution in [-0.2, 0) is 11.3 Å². The minimum absolute atomic E-state index is 0.210. The van der Waals surface area contributed by atoms with Crippen LogP contribution in [0.1, 0.15) is 24.3 Å². The lowest BCUT2D eigenvalue weighted by molar-refractivity contribution is -0.114. The molecule has 1 N–H and O–H groups in total. The van der Waals surface area contributed by atoms with E-state index in [0.717, 1.165) is 17.7 Å². The first kappa shape index (κ1) is 12.9. The standard InChI is InChI=1S/C13H14N4O2/c1-3-17-7-11(6-15-17)10-4-12(16-9(2)19)13(8-18)14-5-10/h4-8H,3H2,1-2H3,(H,16,19). The highest BCUT2D eigenvalue weighted by atomic mass is 16.1. The van der Waals surface area contributed by atoms with Gasteiger partial charge < -0.3 is 5.32 Å². The van der Waals surface area contributed by atoms with Crippen LogP contribution in [0.4, 0.5) is 5.69 Å². The van der Waals surface area contributed by atoms with Crippen LogP contribution in [0.2, 0.25) is 0 Å². The molecule has 2 aromatic rings. The van der Waals surface area contributed by atoms with Crippen molar-refractivity contribution in [3.05, 3.63) is 30.4 Å². The molecule has 98 valence electrons. The third-order valence-corrected chi connectivity index (χ3v) is 2.63. The summed E-state index contributed by atoms with van der Waals surface area (Å²) in [6, 6.07) is 1.72. The molecule has 0 fully saturated rings. The SMILES string of the molecule is CCn1cc(-c2cnc(C=O)c(NC(C)=O)c2)cn1. The van der Waals surface area contributed by atoms with E-state index in [1.165, 1.54) is 6.92 Å². The molecule has 0 aliphatic rings. The molecule has 0 spiro atoms. The summed E-state index contributed by atoms with van der Waals surface area (Å²) in [4.78, 5) is 26.0. The first-order valence-electron chi connectivity index (χ1n) is 5.89. The Labute approximate surface area is 110 Å². The van der Waals surface area contributed by atoms with E-state index in [9.17, 15) is 9.59 Å². The predicted octanol–water partition coefficient (Wildman–Crippen LogP) is 1.74. The minimum atomic E-state index is -0.244. The third kappa shape index (κ3) is 2.85. The van der Waals surface area contributed by atoms with E-state index < -0.39 is 0 Å². The van der Waals surface area contributed by atoms with Gasteiger partial charge in [-0.1, -0.05) is 0 Å². The molecule has 6 nitrogen and oxygen atoms in total. The molecule has 0 aliphatic heterocycles. The van der Waals surface area contributed by atoms with Crippen LogP contribution in [0.3, 0.4) is 0 Å². The van der Waals surface area contributed by atoms with Crippen molar-refractivity contribution in [2.45, 2.75) is 20.4 Å². The molecule has 2 heterocycles. The van der Waals surface area contributed by atoms with Gasteiger partial charge in [-0.2, -0.15) is 5.10 Å². The fraction of sp³-hybridized carbons (Fsp3) is 0.231. The topological polar surface area (TPSA) is 76.9 Å². The van der Waals surface area contributed by atoms with Gasteiger partial charge in [0.05, 0.1) is 11.9 Å². The molecule has 2 aromatic heterocycles. The molecule has 2 rings (SSSR count). The molecule has 0 atom stereocenters. The summed E-state index contributed by atoms with van der Waals surface area (Å²) in [5.74, 6) is -0.244. The Balaban J connectivity index is 2.41. The van der Waals surface area contributed by atoms with E-state index in [0.29, 0.717) is 12.0 Å². The van der Waals surface area contributed by atoms with E-state index in [1.807, 2.05) is 13.1 Å². The lowest BCUT2D eigenvalue weighted by Crippen LogP contribution is -2.09. The zero-order valence-corrected chi connectivity index (χ0v) is 10.8. The normalized spacial score (nSPS) is 10.2. The number of amides is 1. The average molecular weight is 258 g/mol. The Morgan fingerprint density at radius 3 is 2.79 bits per heavy atom. The number of rotatable bonds is 4. The molecule has 0 aromatic carbocycles. The Morgan fingerprint density at radius 1 is 1.42 bits per heavy atom. The summed E-state index contributed by atoms with van der Waals surface area (Å²) < 4.78 is 1.79.